The van der Waals surface area contributed by atoms with Crippen molar-refractivity contribution in [3.05, 3.63) is 65.2 Å². The highest BCUT2D eigenvalue weighted by molar-refractivity contribution is 5.98. The molecule has 0 saturated heterocycles. The lowest BCUT2D eigenvalue weighted by atomic mass is 9.95. The van der Waals surface area contributed by atoms with Crippen molar-refractivity contribution < 1.29 is 18.4 Å². The van der Waals surface area contributed by atoms with Crippen LogP contribution in [0.2, 0.25) is 0 Å². The highest BCUT2D eigenvalue weighted by Gasteiger charge is 2.21. The first-order chi connectivity index (χ1) is 12.1. The summed E-state index contributed by atoms with van der Waals surface area (Å²) in [6.45, 7) is 5.39. The van der Waals surface area contributed by atoms with Gasteiger partial charge >= 0.3 is 0 Å². The van der Waals surface area contributed by atoms with Crippen LogP contribution >= 0.6 is 0 Å². The molecule has 6 heteroatoms. The van der Waals surface area contributed by atoms with Crippen LogP contribution in [0.4, 0.5) is 14.5 Å². The molecule has 0 unspecified atom stereocenters. The Morgan fingerprint density at radius 2 is 1.77 bits per heavy atom. The van der Waals surface area contributed by atoms with Gasteiger partial charge in [0.15, 0.2) is 0 Å². The van der Waals surface area contributed by atoms with E-state index in [4.69, 9.17) is 0 Å². The summed E-state index contributed by atoms with van der Waals surface area (Å²) in [5.74, 6) is -1.86. The van der Waals surface area contributed by atoms with Gasteiger partial charge in [-0.1, -0.05) is 32.9 Å². The second kappa shape index (κ2) is 7.64. The fourth-order valence-electron chi connectivity index (χ4n) is 2.25. The Hall–Kier alpha value is -2.76. The van der Waals surface area contributed by atoms with Crippen LogP contribution in [0.1, 0.15) is 36.7 Å². The van der Waals surface area contributed by atoms with Gasteiger partial charge in [-0.05, 0) is 24.3 Å². The largest absolute Gasteiger partial charge is 0.337 e. The molecule has 0 aliphatic heterocycles. The van der Waals surface area contributed by atoms with Gasteiger partial charge in [-0.2, -0.15) is 0 Å². The number of halogens is 2. The van der Waals surface area contributed by atoms with Crippen molar-refractivity contribution in [2.24, 2.45) is 5.41 Å². The molecule has 0 aromatic heterocycles. The standard InChI is InChI=1S/C20H22F2N2O2/c1-20(2,3)19(26)23-16-7-5-6-13(10-16)18(25)24(4)12-14-8-9-15(21)11-17(14)22/h5-11H,12H2,1-4H3,(H,23,26). The molecule has 0 aliphatic carbocycles. The van der Waals surface area contributed by atoms with E-state index < -0.39 is 17.0 Å². The van der Waals surface area contributed by atoms with Gasteiger partial charge in [-0.25, -0.2) is 8.78 Å². The van der Waals surface area contributed by atoms with Gasteiger partial charge in [-0.3, -0.25) is 9.59 Å². The van der Waals surface area contributed by atoms with Crippen LogP contribution < -0.4 is 5.32 Å². The predicted molar refractivity (Wildman–Crippen MR) is 96.7 cm³/mol. The molecular weight excluding hydrogens is 338 g/mol. The van der Waals surface area contributed by atoms with E-state index in [9.17, 15) is 18.4 Å². The lowest BCUT2D eigenvalue weighted by Gasteiger charge is -2.20. The molecule has 1 N–H and O–H groups in total. The summed E-state index contributed by atoms with van der Waals surface area (Å²) in [5.41, 5.74) is 0.537. The van der Waals surface area contributed by atoms with E-state index in [1.54, 1.807) is 45.0 Å². The van der Waals surface area contributed by atoms with Crippen molar-refractivity contribution in [3.63, 3.8) is 0 Å². The molecule has 0 saturated carbocycles. The zero-order chi connectivity index (χ0) is 19.5. The molecular formula is C20H22F2N2O2. The SMILES string of the molecule is CN(Cc1ccc(F)cc1F)C(=O)c1cccc(NC(=O)C(C)(C)C)c1. The van der Waals surface area contributed by atoms with Crippen molar-refractivity contribution in [1.29, 1.82) is 0 Å². The molecule has 2 aromatic rings. The number of anilines is 1. The Balaban J connectivity index is 2.13. The van der Waals surface area contributed by atoms with Crippen molar-refractivity contribution in [1.82, 2.24) is 4.90 Å². The van der Waals surface area contributed by atoms with Gasteiger partial charge in [0.25, 0.3) is 5.91 Å². The summed E-state index contributed by atoms with van der Waals surface area (Å²) in [4.78, 5) is 26.0. The summed E-state index contributed by atoms with van der Waals surface area (Å²) in [6, 6.07) is 9.80. The maximum absolute atomic E-state index is 13.8. The average molecular weight is 360 g/mol. The van der Waals surface area contributed by atoms with Gasteiger partial charge in [0.2, 0.25) is 5.91 Å². The summed E-state index contributed by atoms with van der Waals surface area (Å²) < 4.78 is 26.8. The Labute approximate surface area is 151 Å². The number of nitrogens with zero attached hydrogens (tertiary/aromatic N) is 1. The van der Waals surface area contributed by atoms with Gasteiger partial charge < -0.3 is 10.2 Å². The van der Waals surface area contributed by atoms with E-state index in [1.165, 1.54) is 18.0 Å². The number of benzene rings is 2. The number of carbonyl (C=O) groups excluding carboxylic acids is 2. The fourth-order valence-corrected chi connectivity index (χ4v) is 2.25. The highest BCUT2D eigenvalue weighted by atomic mass is 19.1. The fraction of sp³-hybridized carbons (Fsp3) is 0.300. The second-order valence-electron chi connectivity index (χ2n) is 7.18. The number of amides is 2. The van der Waals surface area contributed by atoms with Crippen LogP contribution in [-0.4, -0.2) is 23.8 Å². The summed E-state index contributed by atoms with van der Waals surface area (Å²) >= 11 is 0. The minimum Gasteiger partial charge on any atom is -0.337 e. The molecule has 138 valence electrons. The van der Waals surface area contributed by atoms with E-state index in [0.29, 0.717) is 11.3 Å². The number of hydrogen-bond acceptors (Lipinski definition) is 2. The lowest BCUT2D eigenvalue weighted by Crippen LogP contribution is -2.28. The normalized spacial score (nSPS) is 11.2. The Kier molecular flexibility index (Phi) is 5.75. The van der Waals surface area contributed by atoms with Crippen molar-refractivity contribution in [2.45, 2.75) is 27.3 Å². The third-order valence-corrected chi connectivity index (χ3v) is 3.82. The van der Waals surface area contributed by atoms with Crippen LogP contribution in [0.25, 0.3) is 0 Å². The average Bonchev–Trinajstić information content (AvgIpc) is 2.56. The van der Waals surface area contributed by atoms with E-state index in [-0.39, 0.29) is 23.9 Å². The molecule has 2 aromatic carbocycles. The molecule has 26 heavy (non-hydrogen) atoms. The summed E-state index contributed by atoms with van der Waals surface area (Å²) in [7, 11) is 1.53. The van der Waals surface area contributed by atoms with E-state index in [1.807, 2.05) is 0 Å². The van der Waals surface area contributed by atoms with Crippen molar-refractivity contribution in [2.75, 3.05) is 12.4 Å². The first-order valence-corrected chi connectivity index (χ1v) is 8.19. The molecule has 0 heterocycles. The van der Waals surface area contributed by atoms with E-state index in [2.05, 4.69) is 5.32 Å². The Morgan fingerprint density at radius 1 is 1.08 bits per heavy atom. The smallest absolute Gasteiger partial charge is 0.253 e. The van der Waals surface area contributed by atoms with E-state index in [0.717, 1.165) is 12.1 Å². The number of rotatable bonds is 4. The topological polar surface area (TPSA) is 49.4 Å². The molecule has 2 amide bonds. The van der Waals surface area contributed by atoms with Crippen molar-refractivity contribution >= 4 is 17.5 Å². The quantitative estimate of drug-likeness (QED) is 0.887. The minimum absolute atomic E-state index is 0.00350. The molecule has 0 bridgehead atoms. The molecule has 0 radical (unpaired) electrons. The van der Waals surface area contributed by atoms with Gasteiger partial charge in [0.1, 0.15) is 11.6 Å². The summed E-state index contributed by atoms with van der Waals surface area (Å²) in [5, 5.41) is 2.77. The maximum atomic E-state index is 13.8. The number of hydrogen-bond donors (Lipinski definition) is 1. The summed E-state index contributed by atoms with van der Waals surface area (Å²) in [6.07, 6.45) is 0. The Morgan fingerprint density at radius 3 is 2.38 bits per heavy atom. The number of nitrogens with one attached hydrogen (secondary N) is 1. The molecule has 0 fully saturated rings. The van der Waals surface area contributed by atoms with Crippen LogP contribution in [0, 0.1) is 17.0 Å². The molecule has 4 nitrogen and oxygen atoms in total. The van der Waals surface area contributed by atoms with Gasteiger partial charge in [0, 0.05) is 41.9 Å². The molecule has 2 rings (SSSR count). The van der Waals surface area contributed by atoms with E-state index >= 15 is 0 Å². The molecule has 0 atom stereocenters. The zero-order valence-corrected chi connectivity index (χ0v) is 15.3. The predicted octanol–water partition coefficient (Wildman–Crippen LogP) is 4.22. The second-order valence-corrected chi connectivity index (χ2v) is 7.18. The third kappa shape index (κ3) is 4.88. The van der Waals surface area contributed by atoms with Crippen LogP contribution in [0.3, 0.4) is 0 Å². The lowest BCUT2D eigenvalue weighted by molar-refractivity contribution is -0.123. The highest BCUT2D eigenvalue weighted by Crippen LogP contribution is 2.19. The molecule has 0 aliphatic rings. The van der Waals surface area contributed by atoms with Crippen LogP contribution in [0.5, 0.6) is 0 Å². The zero-order valence-electron chi connectivity index (χ0n) is 15.3. The maximum Gasteiger partial charge on any atom is 0.253 e. The number of carbonyl (C=O) groups is 2. The Bertz CT molecular complexity index is 829. The first kappa shape index (κ1) is 19.6. The van der Waals surface area contributed by atoms with Gasteiger partial charge in [-0.15, -0.1) is 0 Å². The monoisotopic (exact) mass is 360 g/mol. The third-order valence-electron chi connectivity index (χ3n) is 3.82. The van der Waals surface area contributed by atoms with Crippen LogP contribution in [-0.2, 0) is 11.3 Å². The van der Waals surface area contributed by atoms with Crippen LogP contribution in [0.15, 0.2) is 42.5 Å². The molecule has 0 spiro atoms. The first-order valence-electron chi connectivity index (χ1n) is 8.19. The minimum atomic E-state index is -0.698. The van der Waals surface area contributed by atoms with Crippen molar-refractivity contribution in [3.8, 4) is 0 Å². The van der Waals surface area contributed by atoms with Gasteiger partial charge in [0.05, 0.1) is 0 Å².